The summed E-state index contributed by atoms with van der Waals surface area (Å²) in [7, 11) is 0. The van der Waals surface area contributed by atoms with Gasteiger partial charge in [0.2, 0.25) is 0 Å². The lowest BCUT2D eigenvalue weighted by Gasteiger charge is -2.28. The van der Waals surface area contributed by atoms with E-state index < -0.39 is 0 Å². The number of nitrogens with zero attached hydrogens (tertiary/aromatic N) is 2. The second kappa shape index (κ2) is 7.49. The molecule has 2 aromatic carbocycles. The van der Waals surface area contributed by atoms with Gasteiger partial charge in [0.1, 0.15) is 0 Å². The molecule has 2 aromatic rings. The number of ether oxygens (including phenoxy) is 1. The molecule has 1 saturated heterocycles. The molecule has 0 spiro atoms. The van der Waals surface area contributed by atoms with Crippen molar-refractivity contribution in [1.82, 2.24) is 0 Å². The highest BCUT2D eigenvalue weighted by Crippen LogP contribution is 2.19. The van der Waals surface area contributed by atoms with Gasteiger partial charge in [0.05, 0.1) is 24.8 Å². The molecule has 1 aliphatic rings. The number of nitriles is 1. The maximum absolute atomic E-state index is 12.0. The van der Waals surface area contributed by atoms with Crippen LogP contribution in [0.4, 0.5) is 21.9 Å². The molecule has 3 rings (SSSR count). The van der Waals surface area contributed by atoms with Crippen molar-refractivity contribution in [3.05, 3.63) is 54.1 Å². The smallest absolute Gasteiger partial charge is 0.323 e. The monoisotopic (exact) mass is 322 g/mol. The van der Waals surface area contributed by atoms with Crippen LogP contribution in [-0.2, 0) is 4.74 Å². The number of urea groups is 1. The molecule has 0 aromatic heterocycles. The van der Waals surface area contributed by atoms with Crippen molar-refractivity contribution in [2.45, 2.75) is 0 Å². The summed E-state index contributed by atoms with van der Waals surface area (Å²) >= 11 is 0. The van der Waals surface area contributed by atoms with Crippen molar-refractivity contribution < 1.29 is 9.53 Å². The second-order valence-corrected chi connectivity index (χ2v) is 5.41. The first-order chi connectivity index (χ1) is 11.7. The molecule has 0 unspecified atom stereocenters. The summed E-state index contributed by atoms with van der Waals surface area (Å²) in [6, 6.07) is 16.2. The topological polar surface area (TPSA) is 77.4 Å². The summed E-state index contributed by atoms with van der Waals surface area (Å²) in [4.78, 5) is 14.3. The number of benzene rings is 2. The predicted octanol–water partition coefficient (Wildman–Crippen LogP) is 3.04. The number of rotatable bonds is 3. The summed E-state index contributed by atoms with van der Waals surface area (Å²) in [6.45, 7) is 3.25. The summed E-state index contributed by atoms with van der Waals surface area (Å²) in [5.74, 6) is 0. The molecule has 0 saturated carbocycles. The van der Waals surface area contributed by atoms with Crippen molar-refractivity contribution in [2.24, 2.45) is 0 Å². The minimum absolute atomic E-state index is 0.321. The van der Waals surface area contributed by atoms with Gasteiger partial charge in [-0.2, -0.15) is 5.26 Å². The molecule has 0 bridgehead atoms. The third-order valence-electron chi connectivity index (χ3n) is 3.77. The van der Waals surface area contributed by atoms with Crippen LogP contribution in [0.3, 0.4) is 0 Å². The maximum Gasteiger partial charge on any atom is 0.323 e. The van der Waals surface area contributed by atoms with E-state index in [2.05, 4.69) is 15.5 Å². The first kappa shape index (κ1) is 15.8. The van der Waals surface area contributed by atoms with Gasteiger partial charge in [0.15, 0.2) is 0 Å². The lowest BCUT2D eigenvalue weighted by molar-refractivity contribution is 0.122. The van der Waals surface area contributed by atoms with E-state index in [0.717, 1.165) is 37.7 Å². The highest BCUT2D eigenvalue weighted by Gasteiger charge is 2.11. The molecule has 1 heterocycles. The summed E-state index contributed by atoms with van der Waals surface area (Å²) in [5.41, 5.74) is 3.03. The molecule has 0 aliphatic carbocycles. The Bertz CT molecular complexity index is 729. The molecule has 6 heteroatoms. The lowest BCUT2D eigenvalue weighted by Crippen LogP contribution is -2.36. The number of carbonyl (C=O) groups is 1. The first-order valence-corrected chi connectivity index (χ1v) is 7.75. The zero-order chi connectivity index (χ0) is 16.8. The van der Waals surface area contributed by atoms with E-state index in [9.17, 15) is 4.79 Å². The lowest BCUT2D eigenvalue weighted by atomic mass is 10.2. The third kappa shape index (κ3) is 4.03. The molecular weight excluding hydrogens is 304 g/mol. The molecule has 2 amide bonds. The first-order valence-electron chi connectivity index (χ1n) is 7.75. The van der Waals surface area contributed by atoms with Crippen molar-refractivity contribution in [2.75, 3.05) is 41.8 Å². The minimum atomic E-state index is -0.321. The molecule has 6 nitrogen and oxygen atoms in total. The average molecular weight is 322 g/mol. The fourth-order valence-corrected chi connectivity index (χ4v) is 2.50. The van der Waals surface area contributed by atoms with Crippen molar-refractivity contribution in [3.63, 3.8) is 0 Å². The van der Waals surface area contributed by atoms with E-state index in [1.54, 1.807) is 24.3 Å². The molecule has 1 fully saturated rings. The zero-order valence-corrected chi connectivity index (χ0v) is 13.2. The van der Waals surface area contributed by atoms with Gasteiger partial charge < -0.3 is 20.3 Å². The minimum Gasteiger partial charge on any atom is -0.378 e. The van der Waals surface area contributed by atoms with E-state index in [4.69, 9.17) is 10.00 Å². The van der Waals surface area contributed by atoms with Gasteiger partial charge in [-0.15, -0.1) is 0 Å². The summed E-state index contributed by atoms with van der Waals surface area (Å²) < 4.78 is 5.34. The van der Waals surface area contributed by atoms with E-state index in [0.29, 0.717) is 11.3 Å². The van der Waals surface area contributed by atoms with Crippen molar-refractivity contribution in [3.8, 4) is 6.07 Å². The van der Waals surface area contributed by atoms with Gasteiger partial charge in [-0.25, -0.2) is 4.79 Å². The van der Waals surface area contributed by atoms with E-state index >= 15 is 0 Å². The van der Waals surface area contributed by atoms with E-state index in [1.165, 1.54) is 0 Å². The normalized spacial score (nSPS) is 13.9. The Morgan fingerprint density at radius 3 is 2.04 bits per heavy atom. The Hall–Kier alpha value is -3.04. The molecular formula is C18H18N4O2. The highest BCUT2D eigenvalue weighted by molar-refractivity contribution is 5.99. The van der Waals surface area contributed by atoms with Crippen LogP contribution in [0.1, 0.15) is 5.56 Å². The molecule has 0 radical (unpaired) electrons. The van der Waals surface area contributed by atoms with Crippen LogP contribution >= 0.6 is 0 Å². The Morgan fingerprint density at radius 1 is 0.958 bits per heavy atom. The molecule has 122 valence electrons. The van der Waals surface area contributed by atoms with Crippen LogP contribution in [-0.4, -0.2) is 32.3 Å². The Kier molecular flexibility index (Phi) is 4.94. The van der Waals surface area contributed by atoms with Gasteiger partial charge in [-0.3, -0.25) is 0 Å². The quantitative estimate of drug-likeness (QED) is 0.910. The maximum atomic E-state index is 12.0. The Labute approximate surface area is 140 Å². The number of hydrogen-bond acceptors (Lipinski definition) is 4. The highest BCUT2D eigenvalue weighted by atomic mass is 16.5. The number of nitrogens with one attached hydrogen (secondary N) is 2. The predicted molar refractivity (Wildman–Crippen MR) is 93.3 cm³/mol. The van der Waals surface area contributed by atoms with Crippen LogP contribution in [0.15, 0.2) is 48.5 Å². The van der Waals surface area contributed by atoms with Gasteiger partial charge in [0, 0.05) is 30.2 Å². The van der Waals surface area contributed by atoms with Crippen LogP contribution in [0.5, 0.6) is 0 Å². The van der Waals surface area contributed by atoms with Gasteiger partial charge in [-0.05, 0) is 48.5 Å². The van der Waals surface area contributed by atoms with E-state index in [-0.39, 0.29) is 6.03 Å². The van der Waals surface area contributed by atoms with Crippen LogP contribution in [0, 0.1) is 11.3 Å². The molecule has 1 aliphatic heterocycles. The van der Waals surface area contributed by atoms with Crippen LogP contribution in [0.2, 0.25) is 0 Å². The van der Waals surface area contributed by atoms with Crippen LogP contribution in [0.25, 0.3) is 0 Å². The van der Waals surface area contributed by atoms with Gasteiger partial charge in [-0.1, -0.05) is 0 Å². The Morgan fingerprint density at radius 2 is 1.50 bits per heavy atom. The third-order valence-corrected chi connectivity index (χ3v) is 3.77. The Balaban J connectivity index is 1.56. The summed E-state index contributed by atoms with van der Waals surface area (Å²) in [6.07, 6.45) is 0. The van der Waals surface area contributed by atoms with Crippen molar-refractivity contribution in [1.29, 1.82) is 5.26 Å². The number of morpholine rings is 1. The standard InChI is InChI=1S/C18H18N4O2/c19-13-14-1-3-15(4-2-14)20-18(23)21-16-5-7-17(8-6-16)22-9-11-24-12-10-22/h1-8H,9-12H2,(H2,20,21,23). The fraction of sp³-hybridized carbons (Fsp3) is 0.222. The van der Waals surface area contributed by atoms with Gasteiger partial charge >= 0.3 is 6.03 Å². The molecule has 0 atom stereocenters. The second-order valence-electron chi connectivity index (χ2n) is 5.41. The zero-order valence-electron chi connectivity index (χ0n) is 13.2. The average Bonchev–Trinajstić information content (AvgIpc) is 2.64. The number of carbonyl (C=O) groups excluding carboxylic acids is 1. The molecule has 2 N–H and O–H groups in total. The SMILES string of the molecule is N#Cc1ccc(NC(=O)Nc2ccc(N3CCOCC3)cc2)cc1. The van der Waals surface area contributed by atoms with Crippen molar-refractivity contribution >= 4 is 23.1 Å². The van der Waals surface area contributed by atoms with Crippen LogP contribution < -0.4 is 15.5 Å². The number of hydrogen-bond donors (Lipinski definition) is 2. The largest absolute Gasteiger partial charge is 0.378 e. The number of anilines is 3. The molecule has 24 heavy (non-hydrogen) atoms. The van der Waals surface area contributed by atoms with E-state index in [1.807, 2.05) is 30.3 Å². The number of amides is 2. The fourth-order valence-electron chi connectivity index (χ4n) is 2.50. The summed E-state index contributed by atoms with van der Waals surface area (Å²) in [5, 5.41) is 14.3. The van der Waals surface area contributed by atoms with Gasteiger partial charge in [0.25, 0.3) is 0 Å².